The molecule has 0 aliphatic rings. The summed E-state index contributed by atoms with van der Waals surface area (Å²) in [5, 5.41) is 1.12. The molecule has 0 unspecified atom stereocenters. The highest BCUT2D eigenvalue weighted by Gasteiger charge is 2.15. The molecule has 0 aliphatic heterocycles. The SMILES string of the molecule is Cc1cc(-c2nc(-c3ccccn3)nc(-c3ccccn3)n2)ccc1-c1cccc2cccnc12. The van der Waals surface area contributed by atoms with E-state index in [4.69, 9.17) is 9.97 Å². The molecule has 0 saturated heterocycles. The Morgan fingerprint density at radius 1 is 0.514 bits per heavy atom. The first-order chi connectivity index (χ1) is 17.3. The molecular formula is C29H20N6. The maximum absolute atomic E-state index is 4.77. The molecule has 0 fully saturated rings. The Morgan fingerprint density at radius 2 is 1.17 bits per heavy atom. The van der Waals surface area contributed by atoms with Crippen LogP contribution >= 0.6 is 0 Å². The van der Waals surface area contributed by atoms with Gasteiger partial charge in [-0.3, -0.25) is 15.0 Å². The Kier molecular flexibility index (Phi) is 5.24. The van der Waals surface area contributed by atoms with Crippen LogP contribution in [0.3, 0.4) is 0 Å². The lowest BCUT2D eigenvalue weighted by atomic mass is 9.96. The van der Waals surface area contributed by atoms with Crippen molar-refractivity contribution in [2.75, 3.05) is 0 Å². The van der Waals surface area contributed by atoms with Gasteiger partial charge in [0.2, 0.25) is 0 Å². The number of rotatable bonds is 4. The van der Waals surface area contributed by atoms with Crippen molar-refractivity contribution in [2.45, 2.75) is 6.92 Å². The largest absolute Gasteiger partial charge is 0.256 e. The molecular weight excluding hydrogens is 432 g/mol. The van der Waals surface area contributed by atoms with Crippen LogP contribution in [-0.2, 0) is 0 Å². The van der Waals surface area contributed by atoms with E-state index in [1.165, 1.54) is 0 Å². The second kappa shape index (κ2) is 8.83. The van der Waals surface area contributed by atoms with Crippen molar-refractivity contribution in [3.05, 3.63) is 109 Å². The lowest BCUT2D eigenvalue weighted by Gasteiger charge is -2.12. The monoisotopic (exact) mass is 452 g/mol. The van der Waals surface area contributed by atoms with Crippen molar-refractivity contribution >= 4 is 10.9 Å². The molecule has 4 aromatic heterocycles. The first-order valence-corrected chi connectivity index (χ1v) is 11.3. The molecule has 0 N–H and O–H groups in total. The molecule has 0 radical (unpaired) electrons. The summed E-state index contributed by atoms with van der Waals surface area (Å²) in [7, 11) is 0. The molecule has 6 heteroatoms. The maximum atomic E-state index is 4.77. The lowest BCUT2D eigenvalue weighted by Crippen LogP contribution is -2.02. The number of aryl methyl sites for hydroxylation is 1. The van der Waals surface area contributed by atoms with Gasteiger partial charge in [-0.25, -0.2) is 15.0 Å². The summed E-state index contributed by atoms with van der Waals surface area (Å²) < 4.78 is 0. The molecule has 166 valence electrons. The summed E-state index contributed by atoms with van der Waals surface area (Å²) in [5.41, 5.74) is 6.59. The fourth-order valence-electron chi connectivity index (χ4n) is 4.15. The molecule has 0 saturated carbocycles. The first-order valence-electron chi connectivity index (χ1n) is 11.3. The number of pyridine rings is 3. The van der Waals surface area contributed by atoms with Gasteiger partial charge in [-0.05, 0) is 54.4 Å². The number of aromatic nitrogens is 6. The van der Waals surface area contributed by atoms with Crippen LogP contribution in [0, 0.1) is 6.92 Å². The predicted molar refractivity (Wildman–Crippen MR) is 137 cm³/mol. The number of hydrogen-bond donors (Lipinski definition) is 0. The summed E-state index contributed by atoms with van der Waals surface area (Å²) in [5.74, 6) is 1.60. The van der Waals surface area contributed by atoms with Gasteiger partial charge in [0.15, 0.2) is 17.5 Å². The molecule has 0 amide bonds. The third-order valence-corrected chi connectivity index (χ3v) is 5.83. The van der Waals surface area contributed by atoms with E-state index in [2.05, 4.69) is 63.3 Å². The van der Waals surface area contributed by atoms with Crippen LogP contribution in [0.2, 0.25) is 0 Å². The molecule has 0 spiro atoms. The van der Waals surface area contributed by atoms with E-state index in [0.717, 1.165) is 33.2 Å². The second-order valence-corrected chi connectivity index (χ2v) is 8.15. The fourth-order valence-corrected chi connectivity index (χ4v) is 4.15. The minimum atomic E-state index is 0.510. The van der Waals surface area contributed by atoms with Crippen molar-refractivity contribution in [3.63, 3.8) is 0 Å². The Balaban J connectivity index is 1.49. The Bertz CT molecular complexity index is 1590. The molecule has 2 aromatic carbocycles. The van der Waals surface area contributed by atoms with Gasteiger partial charge in [0, 0.05) is 35.1 Å². The summed E-state index contributed by atoms with van der Waals surface area (Å²) in [6.07, 6.45) is 5.30. The van der Waals surface area contributed by atoms with Gasteiger partial charge in [-0.2, -0.15) is 0 Å². The average molecular weight is 453 g/mol. The highest BCUT2D eigenvalue weighted by atomic mass is 15.1. The van der Waals surface area contributed by atoms with Crippen LogP contribution in [0.15, 0.2) is 104 Å². The van der Waals surface area contributed by atoms with Gasteiger partial charge in [-0.15, -0.1) is 0 Å². The maximum Gasteiger partial charge on any atom is 0.182 e. The third-order valence-electron chi connectivity index (χ3n) is 5.83. The fraction of sp³-hybridized carbons (Fsp3) is 0.0345. The first kappa shape index (κ1) is 20.7. The zero-order valence-electron chi connectivity index (χ0n) is 19.0. The van der Waals surface area contributed by atoms with E-state index in [1.54, 1.807) is 12.4 Å². The topological polar surface area (TPSA) is 77.3 Å². The zero-order chi connectivity index (χ0) is 23.6. The minimum absolute atomic E-state index is 0.510. The molecule has 6 aromatic rings. The summed E-state index contributed by atoms with van der Waals surface area (Å²) in [6.45, 7) is 2.10. The van der Waals surface area contributed by atoms with E-state index in [0.29, 0.717) is 28.9 Å². The summed E-state index contributed by atoms with van der Waals surface area (Å²) in [4.78, 5) is 27.7. The van der Waals surface area contributed by atoms with Gasteiger partial charge in [0.1, 0.15) is 11.4 Å². The minimum Gasteiger partial charge on any atom is -0.256 e. The van der Waals surface area contributed by atoms with Crippen LogP contribution < -0.4 is 0 Å². The van der Waals surface area contributed by atoms with Crippen molar-refractivity contribution in [1.82, 2.24) is 29.9 Å². The molecule has 0 bridgehead atoms. The van der Waals surface area contributed by atoms with Gasteiger partial charge in [0.05, 0.1) is 5.52 Å². The van der Waals surface area contributed by atoms with Gasteiger partial charge < -0.3 is 0 Å². The Labute approximate surface area is 202 Å². The van der Waals surface area contributed by atoms with E-state index in [1.807, 2.05) is 54.7 Å². The third kappa shape index (κ3) is 4.02. The second-order valence-electron chi connectivity index (χ2n) is 8.15. The van der Waals surface area contributed by atoms with Crippen LogP contribution in [0.1, 0.15) is 5.56 Å². The molecule has 6 nitrogen and oxygen atoms in total. The quantitative estimate of drug-likeness (QED) is 0.318. The number of benzene rings is 2. The predicted octanol–water partition coefficient (Wildman–Crippen LogP) is 6.19. The Hall–Kier alpha value is -4.84. The highest BCUT2D eigenvalue weighted by molar-refractivity contribution is 5.94. The lowest BCUT2D eigenvalue weighted by molar-refractivity contribution is 1.05. The van der Waals surface area contributed by atoms with Crippen LogP contribution in [-0.4, -0.2) is 29.9 Å². The summed E-state index contributed by atoms with van der Waals surface area (Å²) >= 11 is 0. The van der Waals surface area contributed by atoms with Crippen molar-refractivity contribution in [1.29, 1.82) is 0 Å². The molecule has 6 rings (SSSR count). The van der Waals surface area contributed by atoms with Crippen molar-refractivity contribution in [2.24, 2.45) is 0 Å². The summed E-state index contributed by atoms with van der Waals surface area (Å²) in [6, 6.07) is 27.9. The standard InChI is InChI=1S/C29H20N6/c1-19-18-21(13-14-22(19)23-10-6-8-20-9-7-17-32-26(20)23)27-33-28(24-11-2-4-15-30-24)35-29(34-27)25-12-3-5-16-31-25/h2-18H,1H3. The van der Waals surface area contributed by atoms with E-state index in [-0.39, 0.29) is 0 Å². The number of fused-ring (bicyclic) bond motifs is 1. The normalized spacial score (nSPS) is 11.0. The molecule has 0 aliphatic carbocycles. The number of para-hydroxylation sites is 1. The van der Waals surface area contributed by atoms with Crippen molar-refractivity contribution < 1.29 is 0 Å². The number of hydrogen-bond acceptors (Lipinski definition) is 6. The van der Waals surface area contributed by atoms with E-state index < -0.39 is 0 Å². The molecule has 35 heavy (non-hydrogen) atoms. The van der Waals surface area contributed by atoms with E-state index >= 15 is 0 Å². The number of nitrogens with zero attached hydrogens (tertiary/aromatic N) is 6. The van der Waals surface area contributed by atoms with E-state index in [9.17, 15) is 0 Å². The van der Waals surface area contributed by atoms with Crippen LogP contribution in [0.4, 0.5) is 0 Å². The van der Waals surface area contributed by atoms with Gasteiger partial charge in [0.25, 0.3) is 0 Å². The van der Waals surface area contributed by atoms with Gasteiger partial charge >= 0.3 is 0 Å². The molecule has 4 heterocycles. The average Bonchev–Trinajstić information content (AvgIpc) is 2.93. The zero-order valence-corrected chi connectivity index (χ0v) is 19.0. The van der Waals surface area contributed by atoms with Gasteiger partial charge in [-0.1, -0.05) is 48.5 Å². The van der Waals surface area contributed by atoms with Crippen molar-refractivity contribution in [3.8, 4) is 45.6 Å². The Morgan fingerprint density at radius 3 is 1.83 bits per heavy atom. The van der Waals surface area contributed by atoms with Crippen LogP contribution in [0.25, 0.3) is 56.5 Å². The smallest absolute Gasteiger partial charge is 0.182 e. The molecule has 0 atom stereocenters. The van der Waals surface area contributed by atoms with Crippen LogP contribution in [0.5, 0.6) is 0 Å². The highest BCUT2D eigenvalue weighted by Crippen LogP contribution is 2.32.